The van der Waals surface area contributed by atoms with E-state index in [1.165, 1.54) is 24.1 Å². The number of hydrazone groups is 1. The van der Waals surface area contributed by atoms with Crippen LogP contribution in [0.5, 0.6) is 0 Å². The lowest BCUT2D eigenvalue weighted by atomic mass is 10.2. The topological polar surface area (TPSA) is 109 Å². The van der Waals surface area contributed by atoms with Gasteiger partial charge in [0.05, 0.1) is 31.6 Å². The van der Waals surface area contributed by atoms with Gasteiger partial charge in [-0.25, -0.2) is 19.4 Å². The number of rotatable bonds is 4. The molecule has 1 fully saturated rings. The highest BCUT2D eigenvalue weighted by atomic mass is 32.2. The Bertz CT molecular complexity index is 787. The fourth-order valence-corrected chi connectivity index (χ4v) is 3.17. The number of halogens is 1. The largest absolute Gasteiger partial charge is 0.453 e. The molecule has 0 spiro atoms. The number of methoxy groups -OCH3 is 1. The summed E-state index contributed by atoms with van der Waals surface area (Å²) >= 11 is 1.13. The van der Waals surface area contributed by atoms with Gasteiger partial charge in [-0.3, -0.25) is 9.69 Å². The summed E-state index contributed by atoms with van der Waals surface area (Å²) in [5.41, 5.74) is 2.85. The molecule has 2 aliphatic heterocycles. The zero-order valence-corrected chi connectivity index (χ0v) is 14.5. The van der Waals surface area contributed by atoms with E-state index in [9.17, 15) is 18.8 Å². The lowest BCUT2D eigenvalue weighted by Gasteiger charge is -2.16. The maximum absolute atomic E-state index is 14.4. The SMILES string of the molecule is COC(=O)NCC1CN(c2ccc(C3=NNC(=O)CS3)c(F)c2)C(=O)O1. The second-order valence-corrected chi connectivity index (χ2v) is 6.36. The van der Waals surface area contributed by atoms with Gasteiger partial charge < -0.3 is 14.8 Å². The number of benzene rings is 1. The molecule has 1 saturated heterocycles. The molecule has 2 heterocycles. The van der Waals surface area contributed by atoms with Gasteiger partial charge in [-0.15, -0.1) is 0 Å². The van der Waals surface area contributed by atoms with Gasteiger partial charge >= 0.3 is 12.2 Å². The minimum atomic E-state index is -0.634. The van der Waals surface area contributed by atoms with Gasteiger partial charge in [0.1, 0.15) is 17.0 Å². The first kappa shape index (κ1) is 18.0. The van der Waals surface area contributed by atoms with Gasteiger partial charge in [-0.1, -0.05) is 11.8 Å². The first-order valence-electron chi connectivity index (χ1n) is 7.57. The van der Waals surface area contributed by atoms with Crippen molar-refractivity contribution in [1.82, 2.24) is 10.7 Å². The Kier molecular flexibility index (Phi) is 5.26. The van der Waals surface area contributed by atoms with Gasteiger partial charge in [-0.2, -0.15) is 5.10 Å². The zero-order valence-electron chi connectivity index (χ0n) is 13.7. The van der Waals surface area contributed by atoms with E-state index < -0.39 is 24.1 Å². The molecular weight excluding hydrogens is 367 g/mol. The third-order valence-corrected chi connectivity index (χ3v) is 4.64. The number of nitrogens with zero attached hydrogens (tertiary/aromatic N) is 2. The second kappa shape index (κ2) is 7.60. The molecule has 0 radical (unpaired) electrons. The molecule has 0 bridgehead atoms. The minimum absolute atomic E-state index is 0.0859. The van der Waals surface area contributed by atoms with Crippen LogP contribution in [-0.4, -0.2) is 55.2 Å². The van der Waals surface area contributed by atoms with Crippen molar-refractivity contribution >= 4 is 40.6 Å². The first-order chi connectivity index (χ1) is 12.5. The van der Waals surface area contributed by atoms with Crippen LogP contribution in [-0.2, 0) is 14.3 Å². The van der Waals surface area contributed by atoms with Crippen LogP contribution >= 0.6 is 11.8 Å². The number of anilines is 1. The number of nitrogens with one attached hydrogen (secondary N) is 2. The molecule has 1 unspecified atom stereocenters. The van der Waals surface area contributed by atoms with Crippen LogP contribution in [0.25, 0.3) is 0 Å². The van der Waals surface area contributed by atoms with E-state index in [-0.39, 0.29) is 30.3 Å². The van der Waals surface area contributed by atoms with Crippen molar-refractivity contribution in [3.63, 3.8) is 0 Å². The molecule has 26 heavy (non-hydrogen) atoms. The predicted octanol–water partition coefficient (Wildman–Crippen LogP) is 1.03. The molecule has 138 valence electrons. The molecule has 1 aromatic rings. The average Bonchev–Trinajstić information content (AvgIpc) is 3.01. The van der Waals surface area contributed by atoms with E-state index in [0.717, 1.165) is 11.8 Å². The molecule has 1 aromatic carbocycles. The monoisotopic (exact) mass is 382 g/mol. The van der Waals surface area contributed by atoms with E-state index in [1.54, 1.807) is 6.07 Å². The summed E-state index contributed by atoms with van der Waals surface area (Å²) in [4.78, 5) is 35.5. The van der Waals surface area contributed by atoms with Crippen LogP contribution in [0.3, 0.4) is 0 Å². The van der Waals surface area contributed by atoms with Crippen molar-refractivity contribution in [2.24, 2.45) is 5.10 Å². The van der Waals surface area contributed by atoms with Gasteiger partial charge in [0, 0.05) is 5.56 Å². The smallest absolute Gasteiger partial charge is 0.414 e. The lowest BCUT2D eigenvalue weighted by molar-refractivity contribution is -0.118. The minimum Gasteiger partial charge on any atom is -0.453 e. The fourth-order valence-electron chi connectivity index (χ4n) is 2.40. The summed E-state index contributed by atoms with van der Waals surface area (Å²) in [5, 5.41) is 6.63. The molecule has 11 heteroatoms. The number of carbonyl (C=O) groups excluding carboxylic acids is 3. The van der Waals surface area contributed by atoms with Crippen molar-refractivity contribution in [2.75, 3.05) is 30.9 Å². The fraction of sp³-hybridized carbons (Fsp3) is 0.333. The number of thioether (sulfide) groups is 1. The highest BCUT2D eigenvalue weighted by Gasteiger charge is 2.33. The molecule has 3 rings (SSSR count). The van der Waals surface area contributed by atoms with E-state index in [4.69, 9.17) is 4.74 Å². The van der Waals surface area contributed by atoms with Crippen LogP contribution in [0, 0.1) is 5.82 Å². The Labute approximate surface area is 151 Å². The zero-order chi connectivity index (χ0) is 18.7. The third-order valence-electron chi connectivity index (χ3n) is 3.65. The first-order valence-corrected chi connectivity index (χ1v) is 8.55. The molecule has 2 N–H and O–H groups in total. The van der Waals surface area contributed by atoms with E-state index in [1.807, 2.05) is 0 Å². The summed E-state index contributed by atoms with van der Waals surface area (Å²) in [6, 6.07) is 4.25. The maximum atomic E-state index is 14.4. The maximum Gasteiger partial charge on any atom is 0.414 e. The Balaban J connectivity index is 1.70. The molecule has 0 saturated carbocycles. The normalized spacial score (nSPS) is 19.5. The van der Waals surface area contributed by atoms with Crippen molar-refractivity contribution in [2.45, 2.75) is 6.10 Å². The Morgan fingerprint density at radius 3 is 3.00 bits per heavy atom. The van der Waals surface area contributed by atoms with Crippen molar-refractivity contribution in [1.29, 1.82) is 0 Å². The summed E-state index contributed by atoms with van der Waals surface area (Å²) in [7, 11) is 1.23. The number of amides is 3. The lowest BCUT2D eigenvalue weighted by Crippen LogP contribution is -2.34. The number of hydrogen-bond donors (Lipinski definition) is 2. The van der Waals surface area contributed by atoms with Crippen molar-refractivity contribution in [3.05, 3.63) is 29.6 Å². The molecule has 0 aliphatic carbocycles. The molecule has 0 aromatic heterocycles. The number of carbonyl (C=O) groups is 3. The Morgan fingerprint density at radius 2 is 2.35 bits per heavy atom. The van der Waals surface area contributed by atoms with Crippen LogP contribution < -0.4 is 15.6 Å². The highest BCUT2D eigenvalue weighted by Crippen LogP contribution is 2.26. The van der Waals surface area contributed by atoms with E-state index in [2.05, 4.69) is 20.6 Å². The number of hydrogen-bond acceptors (Lipinski definition) is 7. The number of alkyl carbamates (subject to hydrolysis) is 1. The van der Waals surface area contributed by atoms with Crippen LogP contribution in [0.15, 0.2) is 23.3 Å². The molecule has 2 aliphatic rings. The molecular formula is C15H15FN4O5S. The van der Waals surface area contributed by atoms with Crippen molar-refractivity contribution in [3.8, 4) is 0 Å². The van der Waals surface area contributed by atoms with Gasteiger partial charge in [0.25, 0.3) is 5.91 Å². The third kappa shape index (κ3) is 3.87. The van der Waals surface area contributed by atoms with Gasteiger partial charge in [0.2, 0.25) is 0 Å². The summed E-state index contributed by atoms with van der Waals surface area (Å²) in [6.07, 6.45) is -1.84. The van der Waals surface area contributed by atoms with E-state index in [0.29, 0.717) is 10.7 Å². The van der Waals surface area contributed by atoms with Gasteiger partial charge in [0.15, 0.2) is 0 Å². The van der Waals surface area contributed by atoms with Crippen molar-refractivity contribution < 1.29 is 28.2 Å². The number of ether oxygens (including phenoxy) is 2. The highest BCUT2D eigenvalue weighted by molar-refractivity contribution is 8.15. The Morgan fingerprint density at radius 1 is 1.54 bits per heavy atom. The standard InChI is InChI=1S/C15H15FN4O5S/c1-24-14(22)17-5-9-6-20(15(23)25-9)8-2-3-10(11(16)4-8)13-19-18-12(21)7-26-13/h2-4,9H,5-7H2,1H3,(H,17,22)(H,18,21). The average molecular weight is 382 g/mol. The second-order valence-electron chi connectivity index (χ2n) is 5.39. The molecule has 9 nitrogen and oxygen atoms in total. The summed E-state index contributed by atoms with van der Waals surface area (Å²) in [6.45, 7) is 0.246. The Hall–Kier alpha value is -2.82. The summed E-state index contributed by atoms with van der Waals surface area (Å²) < 4.78 is 24.0. The van der Waals surface area contributed by atoms with Crippen LogP contribution in [0.4, 0.5) is 19.7 Å². The predicted molar refractivity (Wildman–Crippen MR) is 91.6 cm³/mol. The van der Waals surface area contributed by atoms with Crippen LogP contribution in [0.2, 0.25) is 0 Å². The molecule has 1 atom stereocenters. The van der Waals surface area contributed by atoms with E-state index >= 15 is 0 Å². The number of cyclic esters (lactones) is 1. The molecule has 3 amide bonds. The van der Waals surface area contributed by atoms with Crippen LogP contribution in [0.1, 0.15) is 5.56 Å². The van der Waals surface area contributed by atoms with Gasteiger partial charge in [-0.05, 0) is 18.2 Å². The quantitative estimate of drug-likeness (QED) is 0.805. The summed E-state index contributed by atoms with van der Waals surface area (Å²) in [5.74, 6) is -0.663.